The third kappa shape index (κ3) is 1.07. The van der Waals surface area contributed by atoms with Gasteiger partial charge in [0.25, 0.3) is 0 Å². The zero-order valence-corrected chi connectivity index (χ0v) is 6.18. The quantitative estimate of drug-likeness (QED) is 0.547. The number of pyridine rings is 1. The topological polar surface area (TPSA) is 44.9 Å². The summed E-state index contributed by atoms with van der Waals surface area (Å²) in [5.74, 6) is 0. The van der Waals surface area contributed by atoms with Crippen LogP contribution in [0.5, 0.6) is 0 Å². The third-order valence-corrected chi connectivity index (χ3v) is 2.01. The van der Waals surface area contributed by atoms with Crippen molar-refractivity contribution < 1.29 is 0 Å². The highest BCUT2D eigenvalue weighted by molar-refractivity contribution is 5.21. The highest BCUT2D eigenvalue weighted by Crippen LogP contribution is 2.04. The average Bonchev–Trinajstić information content (AvgIpc) is 2.06. The van der Waals surface area contributed by atoms with E-state index >= 15 is 0 Å². The van der Waals surface area contributed by atoms with Crippen LogP contribution >= 0.6 is 0 Å². The molecule has 2 N–H and O–H groups in total. The summed E-state index contributed by atoms with van der Waals surface area (Å²) in [6.45, 7) is 1.68. The molecule has 0 unspecified atom stereocenters. The van der Waals surface area contributed by atoms with Gasteiger partial charge in [-0.3, -0.25) is 4.79 Å². The molecule has 3 nitrogen and oxygen atoms in total. The fraction of sp³-hybridized carbons (Fsp3) is 0.375. The van der Waals surface area contributed by atoms with E-state index in [1.807, 2.05) is 0 Å². The number of nitrogens with one attached hydrogen (secondary N) is 2. The molecule has 2 rings (SSSR count). The largest absolute Gasteiger partial charge is 0.364 e. The molecule has 0 atom stereocenters. The molecule has 0 spiro atoms. The molecular formula is C8H10N2O. The fourth-order valence-electron chi connectivity index (χ4n) is 1.40. The van der Waals surface area contributed by atoms with Crippen molar-refractivity contribution in [2.24, 2.45) is 0 Å². The van der Waals surface area contributed by atoms with E-state index in [1.165, 1.54) is 0 Å². The van der Waals surface area contributed by atoms with Crippen LogP contribution in [0.4, 0.5) is 0 Å². The van der Waals surface area contributed by atoms with Gasteiger partial charge in [-0.05, 0) is 0 Å². The van der Waals surface area contributed by atoms with Crippen molar-refractivity contribution in [3.63, 3.8) is 0 Å². The molecule has 0 saturated heterocycles. The lowest BCUT2D eigenvalue weighted by molar-refractivity contribution is 0.626. The van der Waals surface area contributed by atoms with Crippen molar-refractivity contribution >= 4 is 0 Å². The lowest BCUT2D eigenvalue weighted by atomic mass is 10.1. The standard InChI is InChI=1S/C8H10N2O/c11-8-2-4-10-7-1-3-9-5-6(7)8/h2,4,9H,1,3,5H2,(H,10,11). The molecular weight excluding hydrogens is 140 g/mol. The molecule has 11 heavy (non-hydrogen) atoms. The monoisotopic (exact) mass is 150 g/mol. The van der Waals surface area contributed by atoms with Crippen molar-refractivity contribution in [2.75, 3.05) is 6.54 Å². The van der Waals surface area contributed by atoms with Crippen LogP contribution in [0.25, 0.3) is 0 Å². The summed E-state index contributed by atoms with van der Waals surface area (Å²) >= 11 is 0. The first-order valence-corrected chi connectivity index (χ1v) is 3.78. The Labute approximate surface area is 64.5 Å². The zero-order valence-electron chi connectivity index (χ0n) is 6.18. The molecule has 2 heterocycles. The normalized spacial score (nSPS) is 16.0. The third-order valence-electron chi connectivity index (χ3n) is 2.01. The van der Waals surface area contributed by atoms with Crippen LogP contribution in [0, 0.1) is 0 Å². The molecule has 1 aromatic rings. The van der Waals surface area contributed by atoms with Crippen molar-refractivity contribution in [2.45, 2.75) is 13.0 Å². The maximum Gasteiger partial charge on any atom is 0.186 e. The van der Waals surface area contributed by atoms with Gasteiger partial charge < -0.3 is 10.3 Å². The van der Waals surface area contributed by atoms with Crippen molar-refractivity contribution in [1.29, 1.82) is 0 Å². The summed E-state index contributed by atoms with van der Waals surface area (Å²) in [7, 11) is 0. The van der Waals surface area contributed by atoms with Crippen LogP contribution < -0.4 is 10.7 Å². The Hall–Kier alpha value is -1.09. The maximum absolute atomic E-state index is 11.2. The number of hydrogen-bond acceptors (Lipinski definition) is 2. The van der Waals surface area contributed by atoms with Gasteiger partial charge in [0.2, 0.25) is 0 Å². The molecule has 0 aliphatic carbocycles. The minimum atomic E-state index is 0.144. The molecule has 0 fully saturated rings. The lowest BCUT2D eigenvalue weighted by Crippen LogP contribution is -2.29. The Morgan fingerprint density at radius 3 is 3.18 bits per heavy atom. The van der Waals surface area contributed by atoms with Gasteiger partial charge in [0.05, 0.1) is 0 Å². The van der Waals surface area contributed by atoms with Crippen molar-refractivity contribution in [1.82, 2.24) is 10.3 Å². The number of aromatic nitrogens is 1. The molecule has 3 heteroatoms. The van der Waals surface area contributed by atoms with E-state index in [9.17, 15) is 4.79 Å². The van der Waals surface area contributed by atoms with Gasteiger partial charge in [-0.25, -0.2) is 0 Å². The summed E-state index contributed by atoms with van der Waals surface area (Å²) in [5, 5.41) is 3.16. The van der Waals surface area contributed by atoms with Crippen LogP contribution in [-0.4, -0.2) is 11.5 Å². The van der Waals surface area contributed by atoms with Gasteiger partial charge in [-0.1, -0.05) is 0 Å². The van der Waals surface area contributed by atoms with E-state index in [2.05, 4.69) is 10.3 Å². The molecule has 1 aromatic heterocycles. The molecule has 0 bridgehead atoms. The first-order chi connectivity index (χ1) is 5.38. The molecule has 0 saturated carbocycles. The van der Waals surface area contributed by atoms with E-state index in [1.54, 1.807) is 12.3 Å². The smallest absolute Gasteiger partial charge is 0.186 e. The molecule has 58 valence electrons. The van der Waals surface area contributed by atoms with Gasteiger partial charge in [0.15, 0.2) is 5.43 Å². The van der Waals surface area contributed by atoms with E-state index in [0.29, 0.717) is 6.54 Å². The lowest BCUT2D eigenvalue weighted by Gasteiger charge is -2.14. The van der Waals surface area contributed by atoms with Crippen LogP contribution in [0.3, 0.4) is 0 Å². The number of fused-ring (bicyclic) bond motifs is 1. The van der Waals surface area contributed by atoms with Gasteiger partial charge in [-0.2, -0.15) is 0 Å². The van der Waals surface area contributed by atoms with Gasteiger partial charge in [0.1, 0.15) is 0 Å². The Balaban J connectivity index is 2.58. The first kappa shape index (κ1) is 6.61. The summed E-state index contributed by atoms with van der Waals surface area (Å²) < 4.78 is 0. The summed E-state index contributed by atoms with van der Waals surface area (Å²) in [6.07, 6.45) is 2.65. The van der Waals surface area contributed by atoms with Crippen molar-refractivity contribution in [3.05, 3.63) is 33.7 Å². The molecule has 1 aliphatic rings. The Morgan fingerprint density at radius 2 is 2.36 bits per heavy atom. The predicted octanol–water partition coefficient (Wildman–Crippen LogP) is 0.0206. The van der Waals surface area contributed by atoms with Crippen LogP contribution in [0.1, 0.15) is 11.3 Å². The second-order valence-corrected chi connectivity index (χ2v) is 2.73. The fourth-order valence-corrected chi connectivity index (χ4v) is 1.40. The summed E-state index contributed by atoms with van der Waals surface area (Å²) in [6, 6.07) is 1.58. The maximum atomic E-state index is 11.2. The number of H-pyrrole nitrogens is 1. The van der Waals surface area contributed by atoms with E-state index in [0.717, 1.165) is 24.2 Å². The Kier molecular flexibility index (Phi) is 1.51. The molecule has 0 amide bonds. The van der Waals surface area contributed by atoms with Gasteiger partial charge in [-0.15, -0.1) is 0 Å². The second-order valence-electron chi connectivity index (χ2n) is 2.73. The van der Waals surface area contributed by atoms with Gasteiger partial charge >= 0.3 is 0 Å². The minimum Gasteiger partial charge on any atom is -0.364 e. The van der Waals surface area contributed by atoms with Crippen LogP contribution in [0.15, 0.2) is 17.1 Å². The van der Waals surface area contributed by atoms with E-state index in [-0.39, 0.29) is 5.43 Å². The van der Waals surface area contributed by atoms with Gasteiger partial charge in [0, 0.05) is 43.0 Å². The van der Waals surface area contributed by atoms with Crippen LogP contribution in [-0.2, 0) is 13.0 Å². The second kappa shape index (κ2) is 2.51. The molecule has 1 aliphatic heterocycles. The molecule has 0 radical (unpaired) electrons. The van der Waals surface area contributed by atoms with Crippen molar-refractivity contribution in [3.8, 4) is 0 Å². The SMILES string of the molecule is O=c1cc[nH]c2c1CNCC2. The van der Waals surface area contributed by atoms with E-state index < -0.39 is 0 Å². The molecule has 0 aromatic carbocycles. The van der Waals surface area contributed by atoms with E-state index in [4.69, 9.17) is 0 Å². The predicted molar refractivity (Wildman–Crippen MR) is 42.5 cm³/mol. The Morgan fingerprint density at radius 1 is 1.45 bits per heavy atom. The highest BCUT2D eigenvalue weighted by atomic mass is 16.1. The zero-order chi connectivity index (χ0) is 7.68. The average molecular weight is 150 g/mol. The number of rotatable bonds is 0. The minimum absolute atomic E-state index is 0.144. The summed E-state index contributed by atoms with van der Waals surface area (Å²) in [5.41, 5.74) is 2.14. The van der Waals surface area contributed by atoms with Crippen LogP contribution in [0.2, 0.25) is 0 Å². The highest BCUT2D eigenvalue weighted by Gasteiger charge is 2.10. The number of hydrogen-bond donors (Lipinski definition) is 2. The summed E-state index contributed by atoms with van der Waals surface area (Å²) in [4.78, 5) is 14.3. The number of aromatic amines is 1. The first-order valence-electron chi connectivity index (χ1n) is 3.78. The Bertz CT molecular complexity index is 316.